The van der Waals surface area contributed by atoms with Gasteiger partial charge in [-0.3, -0.25) is 4.79 Å². The van der Waals surface area contributed by atoms with Gasteiger partial charge < -0.3 is 24.3 Å². The first-order valence-electron chi connectivity index (χ1n) is 7.41. The Labute approximate surface area is 154 Å². The van der Waals surface area contributed by atoms with Crippen molar-refractivity contribution < 1.29 is 23.7 Å². The van der Waals surface area contributed by atoms with Crippen LogP contribution in [0.3, 0.4) is 0 Å². The lowest BCUT2D eigenvalue weighted by atomic mass is 10.1. The molecule has 0 bridgehead atoms. The number of methoxy groups -OCH3 is 1. The molecular formula is C17H15Cl2NO5. The predicted molar refractivity (Wildman–Crippen MR) is 94.4 cm³/mol. The van der Waals surface area contributed by atoms with Crippen molar-refractivity contribution in [3.63, 3.8) is 0 Å². The van der Waals surface area contributed by atoms with Gasteiger partial charge in [-0.15, -0.1) is 0 Å². The summed E-state index contributed by atoms with van der Waals surface area (Å²) >= 11 is 12.3. The molecule has 0 radical (unpaired) electrons. The van der Waals surface area contributed by atoms with Crippen LogP contribution in [0.1, 0.15) is 10.4 Å². The van der Waals surface area contributed by atoms with E-state index in [0.29, 0.717) is 51.8 Å². The maximum Gasteiger partial charge on any atom is 0.255 e. The Kier molecular flexibility index (Phi) is 5.53. The summed E-state index contributed by atoms with van der Waals surface area (Å²) in [6.07, 6.45) is 0. The molecule has 3 rings (SSSR count). The van der Waals surface area contributed by atoms with E-state index in [2.05, 4.69) is 5.32 Å². The highest BCUT2D eigenvalue weighted by molar-refractivity contribution is 6.33. The summed E-state index contributed by atoms with van der Waals surface area (Å²) in [4.78, 5) is 12.6. The van der Waals surface area contributed by atoms with Gasteiger partial charge in [-0.05, 0) is 24.3 Å². The van der Waals surface area contributed by atoms with E-state index in [1.165, 1.54) is 6.07 Å². The number of carbonyl (C=O) groups is 1. The number of nitrogens with one attached hydrogen (secondary N) is 1. The highest BCUT2D eigenvalue weighted by atomic mass is 35.5. The van der Waals surface area contributed by atoms with Crippen molar-refractivity contribution in [1.82, 2.24) is 0 Å². The van der Waals surface area contributed by atoms with Gasteiger partial charge >= 0.3 is 0 Å². The van der Waals surface area contributed by atoms with Crippen molar-refractivity contribution in [2.24, 2.45) is 0 Å². The molecule has 2 aromatic rings. The first-order valence-corrected chi connectivity index (χ1v) is 8.16. The number of carbonyl (C=O) groups excluding carboxylic acids is 1. The van der Waals surface area contributed by atoms with Crippen LogP contribution in [0.15, 0.2) is 30.3 Å². The zero-order chi connectivity index (χ0) is 17.8. The van der Waals surface area contributed by atoms with E-state index in [0.717, 1.165) is 0 Å². The third kappa shape index (κ3) is 3.92. The molecule has 0 unspecified atom stereocenters. The fraction of sp³-hybridized carbons (Fsp3) is 0.235. The second-order valence-electron chi connectivity index (χ2n) is 5.10. The van der Waals surface area contributed by atoms with Crippen LogP contribution in [0.5, 0.6) is 17.2 Å². The molecule has 132 valence electrons. The maximum atomic E-state index is 12.6. The van der Waals surface area contributed by atoms with Gasteiger partial charge in [0.05, 0.1) is 22.3 Å². The quantitative estimate of drug-likeness (QED) is 0.763. The van der Waals surface area contributed by atoms with E-state index < -0.39 is 0 Å². The number of para-hydroxylation sites is 1. The summed E-state index contributed by atoms with van der Waals surface area (Å²) < 4.78 is 21.1. The zero-order valence-electron chi connectivity index (χ0n) is 13.3. The Morgan fingerprint density at radius 3 is 2.84 bits per heavy atom. The summed E-state index contributed by atoms with van der Waals surface area (Å²) in [6.45, 7) is 0.779. The minimum atomic E-state index is -0.376. The lowest BCUT2D eigenvalue weighted by Gasteiger charge is -2.14. The lowest BCUT2D eigenvalue weighted by molar-refractivity contribution is 0.102. The molecule has 1 N–H and O–H groups in total. The first-order chi connectivity index (χ1) is 12.1. The Morgan fingerprint density at radius 2 is 2.04 bits per heavy atom. The van der Waals surface area contributed by atoms with Gasteiger partial charge in [0.15, 0.2) is 17.2 Å². The summed E-state index contributed by atoms with van der Waals surface area (Å²) in [7, 11) is 1.57. The minimum absolute atomic E-state index is 0.0753. The van der Waals surface area contributed by atoms with Gasteiger partial charge in [0, 0.05) is 12.7 Å². The van der Waals surface area contributed by atoms with Crippen LogP contribution in [0.2, 0.25) is 10.0 Å². The Morgan fingerprint density at radius 1 is 1.20 bits per heavy atom. The predicted octanol–water partition coefficient (Wildman–Crippen LogP) is 4.00. The van der Waals surface area contributed by atoms with Crippen molar-refractivity contribution in [1.29, 1.82) is 0 Å². The van der Waals surface area contributed by atoms with Gasteiger partial charge in [0.2, 0.25) is 6.79 Å². The highest BCUT2D eigenvalue weighted by Crippen LogP contribution is 2.40. The van der Waals surface area contributed by atoms with Gasteiger partial charge in [-0.25, -0.2) is 0 Å². The van der Waals surface area contributed by atoms with Gasteiger partial charge in [0.1, 0.15) is 6.61 Å². The molecule has 6 nitrogen and oxygen atoms in total. The molecule has 1 aliphatic heterocycles. The van der Waals surface area contributed by atoms with Gasteiger partial charge in [0.25, 0.3) is 5.91 Å². The van der Waals surface area contributed by atoms with E-state index in [1.807, 2.05) is 0 Å². The van der Waals surface area contributed by atoms with Crippen molar-refractivity contribution in [3.05, 3.63) is 45.9 Å². The number of rotatable bonds is 6. The molecule has 0 atom stereocenters. The van der Waals surface area contributed by atoms with Crippen LogP contribution < -0.4 is 19.5 Å². The van der Waals surface area contributed by atoms with Crippen molar-refractivity contribution in [2.45, 2.75) is 0 Å². The average molecular weight is 384 g/mol. The Hall–Kier alpha value is -2.15. The molecule has 1 heterocycles. The summed E-state index contributed by atoms with van der Waals surface area (Å²) in [5.74, 6) is 0.866. The monoisotopic (exact) mass is 383 g/mol. The van der Waals surface area contributed by atoms with E-state index in [-0.39, 0.29) is 12.7 Å². The van der Waals surface area contributed by atoms with E-state index >= 15 is 0 Å². The Bertz CT molecular complexity index is 797. The van der Waals surface area contributed by atoms with Crippen molar-refractivity contribution in [2.75, 3.05) is 32.4 Å². The standard InChI is InChI=1S/C17H15Cl2NO5/c1-22-5-6-23-15-11(18)3-2-4-13(15)20-17(21)10-7-12(19)16-14(8-10)24-9-25-16/h2-4,7-8H,5-6,9H2,1H3,(H,20,21). The number of amides is 1. The van der Waals surface area contributed by atoms with Crippen LogP contribution in [0, 0.1) is 0 Å². The molecule has 25 heavy (non-hydrogen) atoms. The topological polar surface area (TPSA) is 66.0 Å². The fourth-order valence-electron chi connectivity index (χ4n) is 2.27. The SMILES string of the molecule is COCCOc1c(Cl)cccc1NC(=O)c1cc(Cl)c2c(c1)OCO2. The molecule has 0 fully saturated rings. The summed E-state index contributed by atoms with van der Waals surface area (Å²) in [5, 5.41) is 3.46. The molecule has 2 aromatic carbocycles. The smallest absolute Gasteiger partial charge is 0.255 e. The molecule has 8 heteroatoms. The van der Waals surface area contributed by atoms with Gasteiger partial charge in [-0.1, -0.05) is 29.3 Å². The minimum Gasteiger partial charge on any atom is -0.487 e. The number of hydrogen-bond donors (Lipinski definition) is 1. The van der Waals surface area contributed by atoms with E-state index in [1.54, 1.807) is 31.4 Å². The van der Waals surface area contributed by atoms with Crippen LogP contribution in [-0.2, 0) is 4.74 Å². The zero-order valence-corrected chi connectivity index (χ0v) is 14.8. The molecule has 0 aromatic heterocycles. The second-order valence-corrected chi connectivity index (χ2v) is 5.92. The number of hydrogen-bond acceptors (Lipinski definition) is 5. The number of halogens is 2. The first kappa shape index (κ1) is 17.7. The fourth-order valence-corrected chi connectivity index (χ4v) is 2.77. The molecule has 0 spiro atoms. The number of fused-ring (bicyclic) bond motifs is 1. The molecular weight excluding hydrogens is 369 g/mol. The Balaban J connectivity index is 1.82. The molecule has 0 saturated carbocycles. The van der Waals surface area contributed by atoms with Crippen LogP contribution >= 0.6 is 23.2 Å². The number of benzene rings is 2. The maximum absolute atomic E-state index is 12.6. The largest absolute Gasteiger partial charge is 0.487 e. The third-order valence-electron chi connectivity index (χ3n) is 3.44. The summed E-state index contributed by atoms with van der Waals surface area (Å²) in [5.41, 5.74) is 0.777. The summed E-state index contributed by atoms with van der Waals surface area (Å²) in [6, 6.07) is 8.17. The van der Waals surface area contributed by atoms with Crippen molar-refractivity contribution >= 4 is 34.8 Å². The highest BCUT2D eigenvalue weighted by Gasteiger charge is 2.21. The van der Waals surface area contributed by atoms with Crippen LogP contribution in [0.25, 0.3) is 0 Å². The van der Waals surface area contributed by atoms with Crippen LogP contribution in [-0.4, -0.2) is 33.0 Å². The number of anilines is 1. The molecule has 1 aliphatic rings. The lowest BCUT2D eigenvalue weighted by Crippen LogP contribution is -2.14. The van der Waals surface area contributed by atoms with E-state index in [9.17, 15) is 4.79 Å². The normalized spacial score (nSPS) is 12.1. The molecule has 1 amide bonds. The average Bonchev–Trinajstić information content (AvgIpc) is 3.06. The molecule has 0 aliphatic carbocycles. The number of ether oxygens (including phenoxy) is 4. The third-order valence-corrected chi connectivity index (χ3v) is 4.02. The van der Waals surface area contributed by atoms with Gasteiger partial charge in [-0.2, -0.15) is 0 Å². The van der Waals surface area contributed by atoms with Crippen LogP contribution in [0.4, 0.5) is 5.69 Å². The molecule has 0 saturated heterocycles. The second kappa shape index (κ2) is 7.82. The van der Waals surface area contributed by atoms with Crippen molar-refractivity contribution in [3.8, 4) is 17.2 Å². The van der Waals surface area contributed by atoms with E-state index in [4.69, 9.17) is 42.1 Å².